The lowest BCUT2D eigenvalue weighted by Crippen LogP contribution is -2.56. The summed E-state index contributed by atoms with van der Waals surface area (Å²) in [4.78, 5) is 30.6. The molecule has 2 amide bonds. The van der Waals surface area contributed by atoms with Crippen LogP contribution in [0.15, 0.2) is 78.9 Å². The summed E-state index contributed by atoms with van der Waals surface area (Å²) in [5.74, 6) is -0.958. The first-order chi connectivity index (χ1) is 16.2. The number of carbonyl (C=O) groups excluding carboxylic acids is 2. The van der Waals surface area contributed by atoms with Crippen LogP contribution in [0.5, 0.6) is 0 Å². The molecule has 5 nitrogen and oxygen atoms in total. The first kappa shape index (κ1) is 25.0. The lowest BCUT2D eigenvalue weighted by atomic mass is 9.92. The van der Waals surface area contributed by atoms with Crippen molar-refractivity contribution < 1.29 is 14.0 Å². The molecule has 0 aromatic heterocycles. The number of carbonyl (C=O) groups is 2. The molecule has 0 heterocycles. The smallest absolute Gasteiger partial charge is 0.250 e. The quantitative estimate of drug-likeness (QED) is 0.472. The van der Waals surface area contributed by atoms with Crippen molar-refractivity contribution >= 4 is 23.2 Å². The molecule has 0 bridgehead atoms. The third kappa shape index (κ3) is 5.81. The van der Waals surface area contributed by atoms with Gasteiger partial charge >= 0.3 is 0 Å². The van der Waals surface area contributed by atoms with Crippen LogP contribution >= 0.6 is 0 Å². The van der Waals surface area contributed by atoms with Gasteiger partial charge in [-0.3, -0.25) is 9.59 Å². The van der Waals surface area contributed by atoms with Gasteiger partial charge in [0.15, 0.2) is 0 Å². The van der Waals surface area contributed by atoms with E-state index in [9.17, 15) is 14.0 Å². The third-order valence-corrected chi connectivity index (χ3v) is 6.20. The van der Waals surface area contributed by atoms with Crippen LogP contribution < -0.4 is 10.2 Å². The SMILES string of the molecule is CCC(C)(C(=O)Nc1ccc(N(C)C)cc1)N(Cc1ccccc1F)C(=O)Cc1ccccc1. The second-order valence-corrected chi connectivity index (χ2v) is 8.76. The molecule has 1 unspecified atom stereocenters. The number of nitrogens with zero attached hydrogens (tertiary/aromatic N) is 2. The number of rotatable bonds is 9. The molecule has 3 aromatic carbocycles. The lowest BCUT2D eigenvalue weighted by Gasteiger charge is -2.40. The Kier molecular flexibility index (Phi) is 8.05. The molecule has 0 aliphatic heterocycles. The number of benzene rings is 3. The summed E-state index contributed by atoms with van der Waals surface area (Å²) in [6.07, 6.45) is 0.485. The van der Waals surface area contributed by atoms with E-state index in [1.54, 1.807) is 25.1 Å². The van der Waals surface area contributed by atoms with E-state index < -0.39 is 11.4 Å². The van der Waals surface area contributed by atoms with Crippen LogP contribution in [0.1, 0.15) is 31.4 Å². The Morgan fingerprint density at radius 2 is 1.53 bits per heavy atom. The van der Waals surface area contributed by atoms with Gasteiger partial charge in [-0.15, -0.1) is 0 Å². The molecule has 3 rings (SSSR count). The lowest BCUT2D eigenvalue weighted by molar-refractivity contribution is -0.145. The Morgan fingerprint density at radius 1 is 0.912 bits per heavy atom. The number of nitrogens with one attached hydrogen (secondary N) is 1. The maximum absolute atomic E-state index is 14.5. The minimum absolute atomic E-state index is 0.00430. The summed E-state index contributed by atoms with van der Waals surface area (Å²) < 4.78 is 14.5. The Bertz CT molecular complexity index is 1120. The molecule has 0 spiro atoms. The molecule has 0 aliphatic carbocycles. The molecule has 178 valence electrons. The van der Waals surface area contributed by atoms with Gasteiger partial charge in [-0.1, -0.05) is 55.5 Å². The first-order valence-electron chi connectivity index (χ1n) is 11.4. The molecule has 6 heteroatoms. The summed E-state index contributed by atoms with van der Waals surface area (Å²) in [6.45, 7) is 3.59. The second kappa shape index (κ2) is 11.0. The van der Waals surface area contributed by atoms with Crippen molar-refractivity contribution in [3.8, 4) is 0 Å². The Morgan fingerprint density at radius 3 is 2.12 bits per heavy atom. The van der Waals surface area contributed by atoms with E-state index in [0.29, 0.717) is 17.7 Å². The molecular weight excluding hydrogens is 429 g/mol. The topological polar surface area (TPSA) is 52.7 Å². The Labute approximate surface area is 201 Å². The van der Waals surface area contributed by atoms with Gasteiger partial charge in [-0.25, -0.2) is 4.39 Å². The molecule has 0 radical (unpaired) electrons. The van der Waals surface area contributed by atoms with Crippen molar-refractivity contribution in [2.75, 3.05) is 24.3 Å². The van der Waals surface area contributed by atoms with Crippen molar-refractivity contribution in [2.45, 2.75) is 38.8 Å². The van der Waals surface area contributed by atoms with Gasteiger partial charge < -0.3 is 15.1 Å². The fourth-order valence-corrected chi connectivity index (χ4v) is 3.78. The monoisotopic (exact) mass is 461 g/mol. The highest BCUT2D eigenvalue weighted by molar-refractivity contribution is 6.00. The summed E-state index contributed by atoms with van der Waals surface area (Å²) in [5.41, 5.74) is 1.66. The Balaban J connectivity index is 1.92. The fraction of sp³-hybridized carbons (Fsp3) is 0.286. The van der Waals surface area contributed by atoms with Crippen molar-refractivity contribution in [3.63, 3.8) is 0 Å². The van der Waals surface area contributed by atoms with E-state index in [-0.39, 0.29) is 24.8 Å². The second-order valence-electron chi connectivity index (χ2n) is 8.76. The highest BCUT2D eigenvalue weighted by Crippen LogP contribution is 2.27. The van der Waals surface area contributed by atoms with Crippen LogP contribution in [0.4, 0.5) is 15.8 Å². The predicted octanol–water partition coefficient (Wildman–Crippen LogP) is 5.27. The van der Waals surface area contributed by atoms with Crippen molar-refractivity contribution in [3.05, 3.63) is 95.8 Å². The molecule has 1 atom stereocenters. The molecule has 0 fully saturated rings. The van der Waals surface area contributed by atoms with Crippen LogP contribution in [0, 0.1) is 5.82 Å². The van der Waals surface area contributed by atoms with E-state index in [4.69, 9.17) is 0 Å². The van der Waals surface area contributed by atoms with Crippen molar-refractivity contribution in [1.29, 1.82) is 0 Å². The fourth-order valence-electron chi connectivity index (χ4n) is 3.78. The van der Waals surface area contributed by atoms with Gasteiger partial charge in [0.1, 0.15) is 11.4 Å². The minimum Gasteiger partial charge on any atom is -0.378 e. The van der Waals surface area contributed by atoms with Crippen molar-refractivity contribution in [1.82, 2.24) is 4.90 Å². The molecule has 0 saturated heterocycles. The number of hydrogen-bond donors (Lipinski definition) is 1. The van der Waals surface area contributed by atoms with Gasteiger partial charge in [0.05, 0.1) is 6.42 Å². The molecule has 0 saturated carbocycles. The number of amides is 2. The van der Waals surface area contributed by atoms with E-state index >= 15 is 0 Å². The first-order valence-corrected chi connectivity index (χ1v) is 11.4. The Hall–Kier alpha value is -3.67. The van der Waals surface area contributed by atoms with Crippen molar-refractivity contribution in [2.24, 2.45) is 0 Å². The van der Waals surface area contributed by atoms with Crippen LogP contribution in [-0.4, -0.2) is 36.3 Å². The number of halogens is 1. The van der Waals surface area contributed by atoms with Gasteiger partial charge in [0.2, 0.25) is 11.8 Å². The van der Waals surface area contributed by atoms with E-state index in [1.807, 2.05) is 80.5 Å². The van der Waals surface area contributed by atoms with E-state index in [0.717, 1.165) is 11.3 Å². The normalized spacial score (nSPS) is 12.5. The minimum atomic E-state index is -1.19. The van der Waals surface area contributed by atoms with E-state index in [1.165, 1.54) is 11.0 Å². The average molecular weight is 462 g/mol. The summed E-state index contributed by atoms with van der Waals surface area (Å²) in [5, 5.41) is 2.95. The number of anilines is 2. The van der Waals surface area contributed by atoms with Crippen LogP contribution in [0.3, 0.4) is 0 Å². The summed E-state index contributed by atoms with van der Waals surface area (Å²) in [7, 11) is 3.89. The van der Waals surface area contributed by atoms with Gasteiger partial charge in [-0.05, 0) is 49.2 Å². The van der Waals surface area contributed by atoms with E-state index in [2.05, 4.69) is 5.32 Å². The van der Waals surface area contributed by atoms with Crippen LogP contribution in [-0.2, 0) is 22.6 Å². The van der Waals surface area contributed by atoms with Gasteiger partial charge in [0, 0.05) is 37.6 Å². The molecule has 1 N–H and O–H groups in total. The van der Waals surface area contributed by atoms with Gasteiger partial charge in [0.25, 0.3) is 0 Å². The zero-order chi connectivity index (χ0) is 24.7. The largest absolute Gasteiger partial charge is 0.378 e. The highest BCUT2D eigenvalue weighted by atomic mass is 19.1. The van der Waals surface area contributed by atoms with Crippen LogP contribution in [0.25, 0.3) is 0 Å². The molecular formula is C28H32FN3O2. The summed E-state index contributed by atoms with van der Waals surface area (Å²) >= 11 is 0. The maximum atomic E-state index is 14.5. The molecule has 0 aliphatic rings. The zero-order valence-corrected chi connectivity index (χ0v) is 20.2. The molecule has 34 heavy (non-hydrogen) atoms. The zero-order valence-electron chi connectivity index (χ0n) is 20.2. The average Bonchev–Trinajstić information content (AvgIpc) is 2.84. The van der Waals surface area contributed by atoms with Crippen LogP contribution in [0.2, 0.25) is 0 Å². The standard InChI is InChI=1S/C28H32FN3O2/c1-5-28(2,27(34)30-23-15-17-24(18-16-23)31(3)4)32(20-22-13-9-10-14-25(22)29)26(33)19-21-11-7-6-8-12-21/h6-18H,5,19-20H2,1-4H3,(H,30,34). The highest BCUT2D eigenvalue weighted by Gasteiger charge is 2.41. The maximum Gasteiger partial charge on any atom is 0.250 e. The molecule has 3 aromatic rings. The van der Waals surface area contributed by atoms with Gasteiger partial charge in [-0.2, -0.15) is 0 Å². The number of hydrogen-bond acceptors (Lipinski definition) is 3. The summed E-state index contributed by atoms with van der Waals surface area (Å²) in [6, 6.07) is 23.2. The predicted molar refractivity (Wildman–Crippen MR) is 135 cm³/mol. The third-order valence-electron chi connectivity index (χ3n) is 6.20.